The van der Waals surface area contributed by atoms with Crippen molar-refractivity contribution in [3.8, 4) is 0 Å². The lowest BCUT2D eigenvalue weighted by Crippen LogP contribution is -2.47. The van der Waals surface area contributed by atoms with Gasteiger partial charge in [0.2, 0.25) is 0 Å². The van der Waals surface area contributed by atoms with Crippen LogP contribution in [0.3, 0.4) is 0 Å². The second-order valence-electron chi connectivity index (χ2n) is 2.85. The summed E-state index contributed by atoms with van der Waals surface area (Å²) in [5, 5.41) is 15.2. The third kappa shape index (κ3) is 1.39. The Morgan fingerprint density at radius 1 is 1.62 bits per heavy atom. The highest BCUT2D eigenvalue weighted by Gasteiger charge is 2.25. The molecule has 0 saturated carbocycles. The fourth-order valence-corrected chi connectivity index (χ4v) is 1.55. The van der Waals surface area contributed by atoms with Gasteiger partial charge in [-0.1, -0.05) is 12.2 Å². The first-order chi connectivity index (χ1) is 6.20. The molecule has 2 aliphatic heterocycles. The van der Waals surface area contributed by atoms with E-state index in [1.165, 1.54) is 5.01 Å². The van der Waals surface area contributed by atoms with Crippen molar-refractivity contribution in [2.45, 2.75) is 6.92 Å². The maximum absolute atomic E-state index is 8.87. The zero-order chi connectivity index (χ0) is 9.42. The first-order valence-corrected chi connectivity index (χ1v) is 4.26. The molecule has 0 aromatic rings. The molecular formula is C7H10N4OS. The molecule has 0 amide bonds. The number of hydrazine groups is 2. The van der Waals surface area contributed by atoms with E-state index in [-0.39, 0.29) is 6.73 Å². The normalized spacial score (nSPS) is 20.9. The Morgan fingerprint density at radius 2 is 2.38 bits per heavy atom. The van der Waals surface area contributed by atoms with Gasteiger partial charge in [0.05, 0.1) is 6.20 Å². The van der Waals surface area contributed by atoms with E-state index in [1.54, 1.807) is 11.2 Å². The van der Waals surface area contributed by atoms with Gasteiger partial charge in [-0.25, -0.2) is 5.01 Å². The van der Waals surface area contributed by atoms with Gasteiger partial charge >= 0.3 is 0 Å². The summed E-state index contributed by atoms with van der Waals surface area (Å²) in [4.78, 5) is 0.679. The number of hydrogen-bond acceptors (Lipinski definition) is 5. The van der Waals surface area contributed by atoms with Crippen LogP contribution in [-0.2, 0) is 0 Å². The number of nitrogens with one attached hydrogen (secondary N) is 2. The van der Waals surface area contributed by atoms with Gasteiger partial charge in [-0.3, -0.25) is 5.01 Å². The van der Waals surface area contributed by atoms with Gasteiger partial charge < -0.3 is 10.4 Å². The van der Waals surface area contributed by atoms with Gasteiger partial charge in [-0.2, -0.15) is 0 Å². The summed E-state index contributed by atoms with van der Waals surface area (Å²) in [6.45, 7) is 1.84. The molecule has 13 heavy (non-hydrogen) atoms. The molecule has 6 heteroatoms. The van der Waals surface area contributed by atoms with E-state index in [4.69, 9.17) is 17.3 Å². The van der Waals surface area contributed by atoms with Crippen molar-refractivity contribution >= 4 is 17.2 Å². The van der Waals surface area contributed by atoms with E-state index in [0.717, 1.165) is 11.5 Å². The highest BCUT2D eigenvalue weighted by molar-refractivity contribution is 7.80. The van der Waals surface area contributed by atoms with Crippen LogP contribution >= 0.6 is 12.2 Å². The van der Waals surface area contributed by atoms with E-state index < -0.39 is 0 Å². The molecule has 0 saturated heterocycles. The van der Waals surface area contributed by atoms with Crippen LogP contribution in [0.1, 0.15) is 6.92 Å². The molecule has 2 aliphatic rings. The van der Waals surface area contributed by atoms with Crippen LogP contribution in [0.4, 0.5) is 0 Å². The molecule has 3 N–H and O–H groups in total. The standard InChI is InChI=1S/C7H10N4OS/c1-5-2-7(13)11-6(8-5)3-10(4-12)9-11/h2-3,8-9,12H,4H2,1H3. The predicted octanol–water partition coefficient (Wildman–Crippen LogP) is -0.393. The average molecular weight is 198 g/mol. The molecule has 0 aromatic heterocycles. The molecule has 0 bridgehead atoms. The minimum atomic E-state index is -0.0939. The van der Waals surface area contributed by atoms with Crippen LogP contribution in [-0.4, -0.2) is 26.8 Å². The quantitative estimate of drug-likeness (QED) is 0.499. The van der Waals surface area contributed by atoms with Crippen molar-refractivity contribution in [3.63, 3.8) is 0 Å². The van der Waals surface area contributed by atoms with E-state index >= 15 is 0 Å². The van der Waals surface area contributed by atoms with Crippen molar-refractivity contribution in [2.24, 2.45) is 0 Å². The van der Waals surface area contributed by atoms with Crippen molar-refractivity contribution in [1.29, 1.82) is 0 Å². The number of fused-ring (bicyclic) bond motifs is 1. The Balaban J connectivity index is 2.24. The Hall–Kier alpha value is -1.11. The Morgan fingerprint density at radius 3 is 3.08 bits per heavy atom. The van der Waals surface area contributed by atoms with Gasteiger partial charge in [0, 0.05) is 5.70 Å². The minimum absolute atomic E-state index is 0.0939. The number of rotatable bonds is 1. The van der Waals surface area contributed by atoms with Crippen molar-refractivity contribution < 1.29 is 5.11 Å². The van der Waals surface area contributed by atoms with Crippen LogP contribution in [0.2, 0.25) is 0 Å². The summed E-state index contributed by atoms with van der Waals surface area (Å²) < 4.78 is 0. The van der Waals surface area contributed by atoms with Gasteiger partial charge in [0.15, 0.2) is 0 Å². The summed E-state index contributed by atoms with van der Waals surface area (Å²) in [5.74, 6) is 0.832. The molecular weight excluding hydrogens is 188 g/mol. The number of aliphatic hydroxyl groups is 1. The highest BCUT2D eigenvalue weighted by atomic mass is 32.1. The second-order valence-corrected chi connectivity index (χ2v) is 3.27. The largest absolute Gasteiger partial charge is 0.375 e. The van der Waals surface area contributed by atoms with E-state index in [0.29, 0.717) is 4.99 Å². The lowest BCUT2D eigenvalue weighted by Gasteiger charge is -2.26. The Labute approximate surface area is 81.3 Å². The molecule has 0 atom stereocenters. The Kier molecular flexibility index (Phi) is 1.95. The van der Waals surface area contributed by atoms with Crippen molar-refractivity contribution in [2.75, 3.05) is 6.73 Å². The topological polar surface area (TPSA) is 50.8 Å². The SMILES string of the molecule is CC1=CC(=S)N2NN(CO)C=C2N1. The number of hydrogen-bond donors (Lipinski definition) is 3. The van der Waals surface area contributed by atoms with Crippen molar-refractivity contribution in [3.05, 3.63) is 23.8 Å². The molecule has 70 valence electrons. The van der Waals surface area contributed by atoms with Crippen LogP contribution in [0.15, 0.2) is 23.8 Å². The number of thiocarbonyl (C=S) groups is 1. The third-order valence-electron chi connectivity index (χ3n) is 1.79. The summed E-state index contributed by atoms with van der Waals surface area (Å²) in [6, 6.07) is 0. The summed E-state index contributed by atoms with van der Waals surface area (Å²) in [5.41, 5.74) is 3.88. The van der Waals surface area contributed by atoms with Crippen LogP contribution < -0.4 is 10.9 Å². The zero-order valence-corrected chi connectivity index (χ0v) is 7.93. The van der Waals surface area contributed by atoms with Gasteiger partial charge in [-0.15, -0.1) is 5.53 Å². The summed E-state index contributed by atoms with van der Waals surface area (Å²) in [7, 11) is 0. The molecule has 0 aliphatic carbocycles. The number of nitrogens with zero attached hydrogens (tertiary/aromatic N) is 2. The Bertz CT molecular complexity index is 312. The van der Waals surface area contributed by atoms with E-state index in [9.17, 15) is 0 Å². The fraction of sp³-hybridized carbons (Fsp3) is 0.286. The highest BCUT2D eigenvalue weighted by Crippen LogP contribution is 2.15. The average Bonchev–Trinajstić information content (AvgIpc) is 2.47. The summed E-state index contributed by atoms with van der Waals surface area (Å²) >= 11 is 5.12. The first kappa shape index (κ1) is 8.49. The molecule has 0 radical (unpaired) electrons. The molecule has 5 nitrogen and oxygen atoms in total. The number of aliphatic hydroxyl groups excluding tert-OH is 1. The summed E-state index contributed by atoms with van der Waals surface area (Å²) in [6.07, 6.45) is 3.60. The smallest absolute Gasteiger partial charge is 0.145 e. The maximum atomic E-state index is 8.87. The molecule has 0 unspecified atom stereocenters. The third-order valence-corrected chi connectivity index (χ3v) is 2.09. The minimum Gasteiger partial charge on any atom is -0.375 e. The maximum Gasteiger partial charge on any atom is 0.145 e. The van der Waals surface area contributed by atoms with Crippen LogP contribution in [0, 0.1) is 0 Å². The van der Waals surface area contributed by atoms with Gasteiger partial charge in [0.1, 0.15) is 17.5 Å². The van der Waals surface area contributed by atoms with E-state index in [2.05, 4.69) is 10.9 Å². The lowest BCUT2D eigenvalue weighted by molar-refractivity contribution is 0.0773. The molecule has 2 rings (SSSR count). The zero-order valence-electron chi connectivity index (χ0n) is 7.11. The fourth-order valence-electron chi connectivity index (χ4n) is 1.23. The van der Waals surface area contributed by atoms with Gasteiger partial charge in [0.25, 0.3) is 0 Å². The first-order valence-electron chi connectivity index (χ1n) is 3.86. The molecule has 0 aromatic carbocycles. The molecule has 0 spiro atoms. The number of allylic oxidation sites excluding steroid dienone is 1. The van der Waals surface area contributed by atoms with E-state index in [1.807, 2.05) is 13.0 Å². The second kappa shape index (κ2) is 2.99. The predicted molar refractivity (Wildman–Crippen MR) is 51.5 cm³/mol. The molecule has 2 heterocycles. The van der Waals surface area contributed by atoms with Crippen molar-refractivity contribution in [1.82, 2.24) is 20.9 Å². The monoisotopic (exact) mass is 198 g/mol. The lowest BCUT2D eigenvalue weighted by atomic mass is 10.3. The molecule has 0 fully saturated rings. The van der Waals surface area contributed by atoms with Crippen LogP contribution in [0.5, 0.6) is 0 Å². The van der Waals surface area contributed by atoms with Crippen LogP contribution in [0.25, 0.3) is 0 Å². The van der Waals surface area contributed by atoms with Gasteiger partial charge in [-0.05, 0) is 13.0 Å².